The first-order chi connectivity index (χ1) is 11.1. The van der Waals surface area contributed by atoms with E-state index in [1.165, 1.54) is 16.7 Å². The molecule has 4 rings (SSSR count). The van der Waals surface area contributed by atoms with E-state index in [4.69, 9.17) is 0 Å². The lowest BCUT2D eigenvalue weighted by atomic mass is 10.1. The molecule has 2 amide bonds. The van der Waals surface area contributed by atoms with Gasteiger partial charge in [0.05, 0.1) is 5.69 Å². The first-order valence-corrected chi connectivity index (χ1v) is 8.42. The second-order valence-corrected chi connectivity index (χ2v) is 7.09. The number of thioether (sulfide) groups is 1. The Kier molecular flexibility index (Phi) is 3.20. The molecular formula is C18H16N2O2S. The Hall–Kier alpha value is -2.27. The Morgan fingerprint density at radius 3 is 2.39 bits per heavy atom. The topological polar surface area (TPSA) is 49.4 Å². The summed E-state index contributed by atoms with van der Waals surface area (Å²) in [6.07, 6.45) is 0. The Bertz CT molecular complexity index is 770. The summed E-state index contributed by atoms with van der Waals surface area (Å²) in [6.45, 7) is 3.86. The molecule has 0 bridgehead atoms. The zero-order valence-electron chi connectivity index (χ0n) is 12.9. The maximum atomic E-state index is 12.9. The molecule has 2 atom stereocenters. The van der Waals surface area contributed by atoms with Crippen molar-refractivity contribution in [3.63, 3.8) is 0 Å². The SMILES string of the molecule is Cc1cccc(C)c1N1C(=O)[C@H]2Nc3ccccc3S[C@@H]2C1=O. The molecule has 0 saturated carbocycles. The third kappa shape index (κ3) is 2.07. The van der Waals surface area contributed by atoms with Crippen LogP contribution < -0.4 is 10.2 Å². The molecule has 2 heterocycles. The molecule has 0 radical (unpaired) electrons. The van der Waals surface area contributed by atoms with Crippen LogP contribution in [0.2, 0.25) is 0 Å². The first-order valence-electron chi connectivity index (χ1n) is 7.54. The maximum absolute atomic E-state index is 12.9. The van der Waals surface area contributed by atoms with E-state index in [1.807, 2.05) is 56.3 Å². The molecule has 1 saturated heterocycles. The average Bonchev–Trinajstić information content (AvgIpc) is 2.78. The standard InChI is InChI=1S/C18H16N2O2S/c1-10-6-5-7-11(2)15(10)20-17(21)14-16(18(20)22)23-13-9-4-3-8-12(13)19-14/h3-9,14,16,19H,1-2H3/t14-,16-/m0/s1. The summed E-state index contributed by atoms with van der Waals surface area (Å²) in [5.41, 5.74) is 3.52. The molecule has 0 unspecified atom stereocenters. The van der Waals surface area contributed by atoms with Crippen molar-refractivity contribution in [3.05, 3.63) is 53.6 Å². The highest BCUT2D eigenvalue weighted by Gasteiger charge is 2.51. The lowest BCUT2D eigenvalue weighted by molar-refractivity contribution is -0.121. The number of fused-ring (bicyclic) bond motifs is 2. The van der Waals surface area contributed by atoms with Gasteiger partial charge in [0, 0.05) is 10.6 Å². The fraction of sp³-hybridized carbons (Fsp3) is 0.222. The number of carbonyl (C=O) groups excluding carboxylic acids is 2. The number of rotatable bonds is 1. The lowest BCUT2D eigenvalue weighted by Crippen LogP contribution is -2.38. The number of benzene rings is 2. The number of nitrogens with zero attached hydrogens (tertiary/aromatic N) is 1. The van der Waals surface area contributed by atoms with Gasteiger partial charge in [0.1, 0.15) is 11.3 Å². The first kappa shape index (κ1) is 14.3. The highest BCUT2D eigenvalue weighted by Crippen LogP contribution is 2.43. The largest absolute Gasteiger partial charge is 0.371 e. The Morgan fingerprint density at radius 2 is 1.65 bits per heavy atom. The van der Waals surface area contributed by atoms with Crippen LogP contribution in [0.25, 0.3) is 0 Å². The maximum Gasteiger partial charge on any atom is 0.258 e. The summed E-state index contributed by atoms with van der Waals surface area (Å²) in [7, 11) is 0. The number of amides is 2. The minimum Gasteiger partial charge on any atom is -0.371 e. The second-order valence-electron chi connectivity index (χ2n) is 5.91. The van der Waals surface area contributed by atoms with Crippen molar-refractivity contribution in [3.8, 4) is 0 Å². The molecular weight excluding hydrogens is 308 g/mol. The van der Waals surface area contributed by atoms with Crippen molar-refractivity contribution in [1.82, 2.24) is 0 Å². The summed E-state index contributed by atoms with van der Waals surface area (Å²) in [5.74, 6) is -0.302. The van der Waals surface area contributed by atoms with Crippen molar-refractivity contribution in [1.29, 1.82) is 0 Å². The molecule has 23 heavy (non-hydrogen) atoms. The number of hydrogen-bond donors (Lipinski definition) is 1. The molecule has 0 aliphatic carbocycles. The van der Waals surface area contributed by atoms with E-state index in [2.05, 4.69) is 5.32 Å². The number of anilines is 2. The van der Waals surface area contributed by atoms with Crippen LogP contribution >= 0.6 is 11.8 Å². The van der Waals surface area contributed by atoms with E-state index in [0.717, 1.165) is 27.4 Å². The van der Waals surface area contributed by atoms with E-state index in [0.29, 0.717) is 0 Å². The molecule has 1 N–H and O–H groups in total. The van der Waals surface area contributed by atoms with Gasteiger partial charge < -0.3 is 5.32 Å². The molecule has 4 nitrogen and oxygen atoms in total. The average molecular weight is 324 g/mol. The van der Waals surface area contributed by atoms with Crippen molar-refractivity contribution < 1.29 is 9.59 Å². The third-order valence-corrected chi connectivity index (χ3v) is 5.71. The summed E-state index contributed by atoms with van der Waals surface area (Å²) in [5, 5.41) is 2.84. The van der Waals surface area contributed by atoms with E-state index in [-0.39, 0.29) is 11.8 Å². The summed E-state index contributed by atoms with van der Waals surface area (Å²) in [6, 6.07) is 13.1. The van der Waals surface area contributed by atoms with Crippen LogP contribution in [0, 0.1) is 13.8 Å². The molecule has 0 spiro atoms. The van der Waals surface area contributed by atoms with Gasteiger partial charge in [-0.25, -0.2) is 4.90 Å². The van der Waals surface area contributed by atoms with E-state index in [9.17, 15) is 9.59 Å². The molecule has 0 aromatic heterocycles. The normalized spacial score (nSPS) is 22.6. The predicted octanol–water partition coefficient (Wildman–Crippen LogP) is 3.13. The van der Waals surface area contributed by atoms with Crippen LogP contribution in [-0.2, 0) is 9.59 Å². The highest BCUT2D eigenvalue weighted by atomic mass is 32.2. The van der Waals surface area contributed by atoms with Gasteiger partial charge in [-0.3, -0.25) is 9.59 Å². The number of imide groups is 1. The van der Waals surface area contributed by atoms with Crippen LogP contribution in [0.1, 0.15) is 11.1 Å². The Morgan fingerprint density at radius 1 is 0.957 bits per heavy atom. The minimum atomic E-state index is -0.499. The number of carbonyl (C=O) groups is 2. The molecule has 116 valence electrons. The fourth-order valence-electron chi connectivity index (χ4n) is 3.27. The van der Waals surface area contributed by atoms with Crippen LogP contribution in [-0.4, -0.2) is 23.1 Å². The van der Waals surface area contributed by atoms with Gasteiger partial charge >= 0.3 is 0 Å². The number of para-hydroxylation sites is 2. The van der Waals surface area contributed by atoms with Gasteiger partial charge in [0.2, 0.25) is 5.91 Å². The zero-order valence-corrected chi connectivity index (χ0v) is 13.7. The summed E-state index contributed by atoms with van der Waals surface area (Å²) < 4.78 is 0. The van der Waals surface area contributed by atoms with Crippen molar-refractivity contribution in [2.24, 2.45) is 0 Å². The van der Waals surface area contributed by atoms with Gasteiger partial charge in [-0.15, -0.1) is 11.8 Å². The van der Waals surface area contributed by atoms with Gasteiger partial charge in [0.15, 0.2) is 0 Å². The number of nitrogens with one attached hydrogen (secondary N) is 1. The molecule has 2 aromatic carbocycles. The van der Waals surface area contributed by atoms with Crippen LogP contribution in [0.5, 0.6) is 0 Å². The Balaban J connectivity index is 1.77. The highest BCUT2D eigenvalue weighted by molar-refractivity contribution is 8.01. The second kappa shape index (κ2) is 5.13. The van der Waals surface area contributed by atoms with E-state index in [1.54, 1.807) is 0 Å². The van der Waals surface area contributed by atoms with Gasteiger partial charge in [-0.05, 0) is 37.1 Å². The van der Waals surface area contributed by atoms with E-state index < -0.39 is 11.3 Å². The lowest BCUT2D eigenvalue weighted by Gasteiger charge is -2.25. The van der Waals surface area contributed by atoms with Crippen molar-refractivity contribution >= 4 is 35.0 Å². The molecule has 5 heteroatoms. The Labute approximate surface area is 138 Å². The number of aryl methyl sites for hydroxylation is 2. The quantitative estimate of drug-likeness (QED) is 0.819. The minimum absolute atomic E-state index is 0.135. The predicted molar refractivity (Wildman–Crippen MR) is 91.9 cm³/mol. The van der Waals surface area contributed by atoms with Gasteiger partial charge in [-0.1, -0.05) is 30.3 Å². The fourth-order valence-corrected chi connectivity index (χ4v) is 4.49. The van der Waals surface area contributed by atoms with Gasteiger partial charge in [-0.2, -0.15) is 0 Å². The summed E-state index contributed by atoms with van der Waals surface area (Å²) >= 11 is 1.48. The van der Waals surface area contributed by atoms with E-state index >= 15 is 0 Å². The van der Waals surface area contributed by atoms with Gasteiger partial charge in [0.25, 0.3) is 5.91 Å². The molecule has 2 aliphatic heterocycles. The molecule has 2 aromatic rings. The van der Waals surface area contributed by atoms with Crippen molar-refractivity contribution in [2.75, 3.05) is 10.2 Å². The van der Waals surface area contributed by atoms with Crippen molar-refractivity contribution in [2.45, 2.75) is 30.0 Å². The van der Waals surface area contributed by atoms with Crippen LogP contribution in [0.3, 0.4) is 0 Å². The van der Waals surface area contributed by atoms with Crippen LogP contribution in [0.4, 0.5) is 11.4 Å². The monoisotopic (exact) mass is 324 g/mol. The molecule has 1 fully saturated rings. The summed E-state index contributed by atoms with van der Waals surface area (Å²) in [4.78, 5) is 28.2. The van der Waals surface area contributed by atoms with Crippen LogP contribution in [0.15, 0.2) is 47.4 Å². The smallest absolute Gasteiger partial charge is 0.258 e. The third-order valence-electron chi connectivity index (χ3n) is 4.37. The molecule has 2 aliphatic rings. The zero-order chi connectivity index (χ0) is 16.1. The number of hydrogen-bond acceptors (Lipinski definition) is 4.